The van der Waals surface area contributed by atoms with Crippen LogP contribution in [0.2, 0.25) is 0 Å². The predicted octanol–water partition coefficient (Wildman–Crippen LogP) is 5.48. The van der Waals surface area contributed by atoms with E-state index in [0.717, 1.165) is 11.6 Å². The van der Waals surface area contributed by atoms with Crippen molar-refractivity contribution in [2.45, 2.75) is 12.1 Å². The maximum atomic E-state index is 4.47. The van der Waals surface area contributed by atoms with E-state index in [2.05, 4.69) is 69.1 Å². The number of aromatic nitrogens is 2. The molecule has 2 aromatic heterocycles. The second-order valence-corrected chi connectivity index (χ2v) is 6.50. The van der Waals surface area contributed by atoms with Crippen molar-refractivity contribution in [2.75, 3.05) is 10.6 Å². The van der Waals surface area contributed by atoms with Crippen LogP contribution in [0.1, 0.15) is 23.2 Å². The van der Waals surface area contributed by atoms with Gasteiger partial charge >= 0.3 is 0 Å². The fourth-order valence-corrected chi connectivity index (χ4v) is 3.25. The third-order valence-electron chi connectivity index (χ3n) is 4.59. The van der Waals surface area contributed by atoms with Crippen molar-refractivity contribution in [2.24, 2.45) is 0 Å². The average Bonchev–Trinajstić information content (AvgIpc) is 2.79. The topological polar surface area (TPSA) is 49.8 Å². The van der Waals surface area contributed by atoms with Crippen molar-refractivity contribution in [3.8, 4) is 0 Å². The van der Waals surface area contributed by atoms with Crippen LogP contribution in [-0.4, -0.2) is 9.97 Å². The smallest absolute Gasteiger partial charge is 0.126 e. The molecule has 0 saturated carbocycles. The van der Waals surface area contributed by atoms with E-state index in [1.54, 1.807) is 12.4 Å². The Bertz CT molecular complexity index is 877. The highest BCUT2D eigenvalue weighted by Gasteiger charge is 2.25. The zero-order valence-electron chi connectivity index (χ0n) is 15.4. The van der Waals surface area contributed by atoms with E-state index in [9.17, 15) is 0 Å². The van der Waals surface area contributed by atoms with Gasteiger partial charge in [-0.2, -0.15) is 0 Å². The van der Waals surface area contributed by atoms with Gasteiger partial charge in [0, 0.05) is 12.4 Å². The Balaban J connectivity index is 1.76. The summed E-state index contributed by atoms with van der Waals surface area (Å²) >= 11 is 0. The van der Waals surface area contributed by atoms with Crippen LogP contribution in [0, 0.1) is 0 Å². The van der Waals surface area contributed by atoms with Crippen molar-refractivity contribution < 1.29 is 0 Å². The fraction of sp³-hybridized carbons (Fsp3) is 0.0833. The van der Waals surface area contributed by atoms with Crippen LogP contribution in [0.25, 0.3) is 0 Å². The van der Waals surface area contributed by atoms with Crippen molar-refractivity contribution in [3.05, 3.63) is 121 Å². The Hall–Kier alpha value is -3.66. The second kappa shape index (κ2) is 8.82. The van der Waals surface area contributed by atoms with Gasteiger partial charge in [0.15, 0.2) is 0 Å². The van der Waals surface area contributed by atoms with Gasteiger partial charge in [-0.05, 0) is 35.4 Å². The lowest BCUT2D eigenvalue weighted by Gasteiger charge is -2.30. The molecule has 4 aromatic rings. The first-order valence-corrected chi connectivity index (χ1v) is 9.35. The van der Waals surface area contributed by atoms with Gasteiger partial charge in [-0.15, -0.1) is 0 Å². The molecule has 0 aliphatic heterocycles. The Labute approximate surface area is 165 Å². The highest BCUT2D eigenvalue weighted by atomic mass is 15.1. The summed E-state index contributed by atoms with van der Waals surface area (Å²) in [6, 6.07) is 32.6. The summed E-state index contributed by atoms with van der Waals surface area (Å²) < 4.78 is 0. The SMILES string of the molecule is c1ccc([C@@H](Nc2ccccn2)[C@H](Nc2ccccn2)c2ccccc2)cc1. The standard InChI is InChI=1S/C24H22N4/c1-3-11-19(12-4-1)23(27-21-15-7-9-17-25-21)24(20-13-5-2-6-14-20)28-22-16-8-10-18-26-22/h1-18,23-24H,(H,25,27)(H,26,28)/t23-,24-/m1/s1. The molecule has 0 radical (unpaired) electrons. The van der Waals surface area contributed by atoms with E-state index < -0.39 is 0 Å². The van der Waals surface area contributed by atoms with Crippen LogP contribution >= 0.6 is 0 Å². The van der Waals surface area contributed by atoms with Gasteiger partial charge in [0.2, 0.25) is 0 Å². The molecular formula is C24H22N4. The first-order chi connectivity index (χ1) is 13.9. The lowest BCUT2D eigenvalue weighted by Crippen LogP contribution is -2.26. The minimum atomic E-state index is -0.0412. The molecule has 4 nitrogen and oxygen atoms in total. The summed E-state index contributed by atoms with van der Waals surface area (Å²) in [6.45, 7) is 0. The van der Waals surface area contributed by atoms with Crippen molar-refractivity contribution in [1.82, 2.24) is 9.97 Å². The van der Waals surface area contributed by atoms with Crippen LogP contribution in [-0.2, 0) is 0 Å². The number of nitrogens with one attached hydrogen (secondary N) is 2. The molecule has 0 aliphatic carbocycles. The molecule has 4 heteroatoms. The third-order valence-corrected chi connectivity index (χ3v) is 4.59. The number of benzene rings is 2. The number of nitrogens with zero attached hydrogens (tertiary/aromatic N) is 2. The molecule has 4 rings (SSSR count). The molecule has 28 heavy (non-hydrogen) atoms. The minimum absolute atomic E-state index is 0.0412. The van der Waals surface area contributed by atoms with Gasteiger partial charge < -0.3 is 10.6 Å². The fourth-order valence-electron chi connectivity index (χ4n) is 3.25. The first-order valence-electron chi connectivity index (χ1n) is 9.35. The third kappa shape index (κ3) is 4.35. The van der Waals surface area contributed by atoms with Crippen LogP contribution in [0.3, 0.4) is 0 Å². The lowest BCUT2D eigenvalue weighted by atomic mass is 9.93. The van der Waals surface area contributed by atoms with Gasteiger partial charge in [0.1, 0.15) is 11.6 Å². The van der Waals surface area contributed by atoms with E-state index in [1.165, 1.54) is 11.1 Å². The van der Waals surface area contributed by atoms with Crippen LogP contribution in [0.5, 0.6) is 0 Å². The number of pyridine rings is 2. The predicted molar refractivity (Wildman–Crippen MR) is 114 cm³/mol. The molecule has 0 saturated heterocycles. The van der Waals surface area contributed by atoms with Gasteiger partial charge in [-0.3, -0.25) is 0 Å². The molecule has 0 unspecified atom stereocenters. The summed E-state index contributed by atoms with van der Waals surface area (Å²) in [5.41, 5.74) is 2.34. The summed E-state index contributed by atoms with van der Waals surface area (Å²) in [4.78, 5) is 8.95. The van der Waals surface area contributed by atoms with E-state index in [1.807, 2.05) is 48.5 Å². The normalized spacial score (nSPS) is 12.7. The monoisotopic (exact) mass is 366 g/mol. The highest BCUT2D eigenvalue weighted by molar-refractivity contribution is 5.45. The van der Waals surface area contributed by atoms with Crippen molar-refractivity contribution in [1.29, 1.82) is 0 Å². The van der Waals surface area contributed by atoms with Gasteiger partial charge in [0.25, 0.3) is 0 Å². The molecule has 2 atom stereocenters. The molecule has 0 spiro atoms. The average molecular weight is 366 g/mol. The lowest BCUT2D eigenvalue weighted by molar-refractivity contribution is 0.644. The maximum Gasteiger partial charge on any atom is 0.126 e. The van der Waals surface area contributed by atoms with Crippen molar-refractivity contribution >= 4 is 11.6 Å². The van der Waals surface area contributed by atoms with E-state index in [0.29, 0.717) is 0 Å². The molecule has 138 valence electrons. The zero-order chi connectivity index (χ0) is 19.0. The molecule has 2 N–H and O–H groups in total. The van der Waals surface area contributed by atoms with Gasteiger partial charge in [0.05, 0.1) is 12.1 Å². The highest BCUT2D eigenvalue weighted by Crippen LogP contribution is 2.34. The first kappa shape index (κ1) is 17.7. The Morgan fingerprint density at radius 2 is 0.857 bits per heavy atom. The van der Waals surface area contributed by atoms with Gasteiger partial charge in [-0.1, -0.05) is 72.8 Å². The number of hydrogen-bond donors (Lipinski definition) is 2. The second-order valence-electron chi connectivity index (χ2n) is 6.50. The molecule has 2 heterocycles. The Morgan fingerprint density at radius 3 is 1.21 bits per heavy atom. The summed E-state index contributed by atoms with van der Waals surface area (Å²) in [7, 11) is 0. The summed E-state index contributed by atoms with van der Waals surface area (Å²) in [5.74, 6) is 1.67. The van der Waals surface area contributed by atoms with Crippen LogP contribution in [0.4, 0.5) is 11.6 Å². The molecule has 0 amide bonds. The number of anilines is 2. The van der Waals surface area contributed by atoms with Crippen LogP contribution < -0.4 is 10.6 Å². The molecular weight excluding hydrogens is 344 g/mol. The van der Waals surface area contributed by atoms with Gasteiger partial charge in [-0.25, -0.2) is 9.97 Å². The summed E-state index contributed by atoms with van der Waals surface area (Å²) in [6.07, 6.45) is 3.60. The minimum Gasteiger partial charge on any atom is -0.361 e. The molecule has 0 bridgehead atoms. The van der Waals surface area contributed by atoms with Crippen molar-refractivity contribution in [3.63, 3.8) is 0 Å². The molecule has 0 aliphatic rings. The molecule has 2 aromatic carbocycles. The zero-order valence-corrected chi connectivity index (χ0v) is 15.4. The Morgan fingerprint density at radius 1 is 0.464 bits per heavy atom. The van der Waals surface area contributed by atoms with Crippen LogP contribution in [0.15, 0.2) is 109 Å². The largest absolute Gasteiger partial charge is 0.361 e. The number of rotatable bonds is 7. The molecule has 0 fully saturated rings. The quantitative estimate of drug-likeness (QED) is 0.454. The van der Waals surface area contributed by atoms with E-state index in [-0.39, 0.29) is 12.1 Å². The Kier molecular flexibility index (Phi) is 5.59. The van der Waals surface area contributed by atoms with E-state index >= 15 is 0 Å². The maximum absolute atomic E-state index is 4.47. The summed E-state index contributed by atoms with van der Waals surface area (Å²) in [5, 5.41) is 7.23. The van der Waals surface area contributed by atoms with E-state index in [4.69, 9.17) is 0 Å². The number of hydrogen-bond acceptors (Lipinski definition) is 4.